The van der Waals surface area contributed by atoms with Gasteiger partial charge in [-0.25, -0.2) is 4.79 Å². The molecule has 15 heavy (non-hydrogen) atoms. The van der Waals surface area contributed by atoms with Crippen molar-refractivity contribution in [2.45, 2.75) is 0 Å². The van der Waals surface area contributed by atoms with Crippen molar-refractivity contribution in [2.75, 3.05) is 0 Å². The Labute approximate surface area is 114 Å². The zero-order valence-electron chi connectivity index (χ0n) is 7.20. The molecule has 0 spiro atoms. The maximum absolute atomic E-state index is 10.9. The molecule has 1 N–H and O–H groups in total. The topological polar surface area (TPSA) is 37.3 Å². The van der Waals surface area contributed by atoms with Crippen molar-refractivity contribution in [2.24, 2.45) is 0 Å². The summed E-state index contributed by atoms with van der Waals surface area (Å²) < 4.78 is 0.915. The van der Waals surface area contributed by atoms with E-state index in [9.17, 15) is 4.79 Å². The zero-order valence-corrected chi connectivity index (χ0v) is 8.78. The summed E-state index contributed by atoms with van der Waals surface area (Å²) in [4.78, 5) is 10.9. The molecule has 0 atom stereocenters. The van der Waals surface area contributed by atoms with Crippen molar-refractivity contribution in [3.63, 3.8) is 0 Å². The molecule has 4 heteroatoms. The average molecular weight is 369 g/mol. The number of hydrogen-bond donors (Lipinski definition) is 1. The molecule has 76 valence electrons. The number of carboxylic acids is 1. The summed E-state index contributed by atoms with van der Waals surface area (Å²) >= 11 is 3.39. The zero-order chi connectivity index (χ0) is 10.1. The Morgan fingerprint density at radius 3 is 2.27 bits per heavy atom. The van der Waals surface area contributed by atoms with Crippen LogP contribution in [0.15, 0.2) is 40.9 Å². The Kier molecular flexibility index (Phi) is 4.22. The minimum absolute atomic E-state index is 0. The van der Waals surface area contributed by atoms with Crippen LogP contribution in [0.25, 0.3) is 10.8 Å². The van der Waals surface area contributed by atoms with Gasteiger partial charge in [0.2, 0.25) is 0 Å². The van der Waals surface area contributed by atoms with E-state index in [1.807, 2.05) is 24.3 Å². The van der Waals surface area contributed by atoms with E-state index in [2.05, 4.69) is 15.9 Å². The van der Waals surface area contributed by atoms with Crippen LogP contribution in [0.1, 0.15) is 10.4 Å². The van der Waals surface area contributed by atoms with E-state index in [4.69, 9.17) is 5.11 Å². The van der Waals surface area contributed by atoms with Crippen LogP contribution in [-0.2, 0) is 0 Å². The van der Waals surface area contributed by atoms with Crippen LogP contribution in [-0.4, -0.2) is 36.9 Å². The van der Waals surface area contributed by atoms with Gasteiger partial charge >= 0.3 is 31.8 Å². The first-order valence-electron chi connectivity index (χ1n) is 4.10. The summed E-state index contributed by atoms with van der Waals surface area (Å²) in [5.74, 6) is -0.895. The van der Waals surface area contributed by atoms with Crippen LogP contribution < -0.4 is 0 Å². The molecule has 2 aromatic carbocycles. The third-order valence-corrected chi connectivity index (χ3v) is 2.79. The summed E-state index contributed by atoms with van der Waals surface area (Å²) in [6.45, 7) is 0. The molecule has 0 fully saturated rings. The second-order valence-corrected chi connectivity index (χ2v) is 3.80. The van der Waals surface area contributed by atoms with Gasteiger partial charge in [0.15, 0.2) is 0 Å². The van der Waals surface area contributed by atoms with Crippen LogP contribution in [0.4, 0.5) is 0 Å². The van der Waals surface area contributed by atoms with Crippen molar-refractivity contribution in [3.8, 4) is 0 Å². The fraction of sp³-hybridized carbons (Fsp3) is 0. The average Bonchev–Trinajstić information content (AvgIpc) is 2.18. The molecule has 0 saturated carbocycles. The summed E-state index contributed by atoms with van der Waals surface area (Å²) in [5, 5.41) is 10.6. The number of benzene rings is 2. The molecule has 2 aromatic rings. The normalized spacial score (nSPS) is 9.67. The molecule has 0 heterocycles. The number of aromatic carboxylic acids is 1. The molecule has 2 nitrogen and oxygen atoms in total. The number of carboxylic acid groups (broad SMARTS) is 1. The molecule has 0 aliphatic heterocycles. The van der Waals surface area contributed by atoms with Gasteiger partial charge < -0.3 is 5.11 Å². The molecule has 0 saturated heterocycles. The van der Waals surface area contributed by atoms with E-state index in [1.54, 1.807) is 12.1 Å². The number of fused-ring (bicyclic) bond motifs is 1. The molecule has 0 aromatic heterocycles. The van der Waals surface area contributed by atoms with E-state index in [1.165, 1.54) is 0 Å². The van der Waals surface area contributed by atoms with Crippen molar-refractivity contribution < 1.29 is 9.90 Å². The molecule has 0 bridgehead atoms. The van der Waals surface area contributed by atoms with Crippen molar-refractivity contribution >= 4 is 58.5 Å². The number of rotatable bonds is 1. The Balaban J connectivity index is 0.00000112. The van der Waals surface area contributed by atoms with Crippen LogP contribution in [0.5, 0.6) is 0 Å². The van der Waals surface area contributed by atoms with Gasteiger partial charge in [-0.3, -0.25) is 0 Å². The van der Waals surface area contributed by atoms with E-state index >= 15 is 0 Å². The molecule has 2 rings (SSSR count). The Morgan fingerprint density at radius 2 is 1.67 bits per heavy atom. The first-order valence-corrected chi connectivity index (χ1v) is 4.90. The second kappa shape index (κ2) is 5.03. The van der Waals surface area contributed by atoms with Gasteiger partial charge in [0.05, 0.1) is 5.56 Å². The Morgan fingerprint density at radius 1 is 1.07 bits per heavy atom. The van der Waals surface area contributed by atoms with E-state index in [0.717, 1.165) is 15.2 Å². The standard InChI is InChI=1S/C11H7BrO2.In.3H/c12-10-6-5-9(11(13)14)7-3-1-2-4-8(7)10;;;;/h1-6H,(H,13,14);;;;. The third-order valence-electron chi connectivity index (χ3n) is 2.10. The fourth-order valence-corrected chi connectivity index (χ4v) is 1.93. The predicted molar refractivity (Wildman–Crippen MR) is 68.5 cm³/mol. The van der Waals surface area contributed by atoms with Gasteiger partial charge in [-0.1, -0.05) is 40.2 Å². The summed E-state index contributed by atoms with van der Waals surface area (Å²) in [7, 11) is 0. The van der Waals surface area contributed by atoms with E-state index in [0.29, 0.717) is 5.56 Å². The van der Waals surface area contributed by atoms with Crippen LogP contribution in [0.2, 0.25) is 0 Å². The maximum atomic E-state index is 10.9. The molecular formula is C11H10BrInO2. The van der Waals surface area contributed by atoms with Gasteiger partial charge in [0.1, 0.15) is 0 Å². The van der Waals surface area contributed by atoms with Gasteiger partial charge in [-0.05, 0) is 22.9 Å². The van der Waals surface area contributed by atoms with Crippen LogP contribution in [0, 0.1) is 0 Å². The SMILES string of the molecule is O=C(O)c1ccc(Br)c2ccccc12.[InH3]. The number of hydrogen-bond acceptors (Lipinski definition) is 1. The number of halogens is 1. The van der Waals surface area contributed by atoms with Gasteiger partial charge in [-0.15, -0.1) is 0 Å². The summed E-state index contributed by atoms with van der Waals surface area (Å²) in [6.07, 6.45) is 0. The molecule has 0 unspecified atom stereocenters. The molecule has 0 amide bonds. The fourth-order valence-electron chi connectivity index (χ4n) is 1.45. The predicted octanol–water partition coefficient (Wildman–Crippen LogP) is 2.12. The van der Waals surface area contributed by atoms with Gasteiger partial charge in [-0.2, -0.15) is 0 Å². The monoisotopic (exact) mass is 368 g/mol. The van der Waals surface area contributed by atoms with Gasteiger partial charge in [0.25, 0.3) is 0 Å². The first kappa shape index (κ1) is 12.6. The summed E-state index contributed by atoms with van der Waals surface area (Å²) in [5.41, 5.74) is 0.337. The van der Waals surface area contributed by atoms with Crippen molar-refractivity contribution in [3.05, 3.63) is 46.4 Å². The van der Waals surface area contributed by atoms with Crippen molar-refractivity contribution in [1.82, 2.24) is 0 Å². The number of carbonyl (C=O) groups is 1. The quantitative estimate of drug-likeness (QED) is 0.837. The third kappa shape index (κ3) is 2.37. The minimum atomic E-state index is -0.895. The molecule has 0 aliphatic rings. The Bertz CT molecular complexity index is 511. The second-order valence-electron chi connectivity index (χ2n) is 2.95. The summed E-state index contributed by atoms with van der Waals surface area (Å²) in [6, 6.07) is 10.8. The van der Waals surface area contributed by atoms with E-state index < -0.39 is 5.97 Å². The van der Waals surface area contributed by atoms with Crippen LogP contribution in [0.3, 0.4) is 0 Å². The first-order chi connectivity index (χ1) is 6.70. The molecule has 0 radical (unpaired) electrons. The van der Waals surface area contributed by atoms with E-state index in [-0.39, 0.29) is 25.8 Å². The molecule has 0 aliphatic carbocycles. The molecular weight excluding hydrogens is 359 g/mol. The van der Waals surface area contributed by atoms with Crippen molar-refractivity contribution in [1.29, 1.82) is 0 Å². The van der Waals surface area contributed by atoms with Gasteiger partial charge in [0, 0.05) is 4.47 Å². The van der Waals surface area contributed by atoms with Crippen LogP contribution >= 0.6 is 15.9 Å². The Hall–Kier alpha value is -0.480.